The van der Waals surface area contributed by atoms with Gasteiger partial charge < -0.3 is 15.0 Å². The Balaban J connectivity index is 1.34. The van der Waals surface area contributed by atoms with E-state index in [9.17, 15) is 17.6 Å². The number of aromatic nitrogens is 4. The molecule has 0 amide bonds. The first-order valence-electron chi connectivity index (χ1n) is 10.8. The van der Waals surface area contributed by atoms with Crippen molar-refractivity contribution in [2.45, 2.75) is 31.6 Å². The van der Waals surface area contributed by atoms with Crippen LogP contribution in [0.1, 0.15) is 12.8 Å². The Bertz CT molecular complexity index is 1160. The Morgan fingerprint density at radius 3 is 2.56 bits per heavy atom. The van der Waals surface area contributed by atoms with Crippen LogP contribution in [-0.2, 0) is 6.54 Å². The molecule has 1 aromatic carbocycles. The van der Waals surface area contributed by atoms with E-state index in [4.69, 9.17) is 16.3 Å². The summed E-state index contributed by atoms with van der Waals surface area (Å²) in [4.78, 5) is 10.4. The molecule has 12 heteroatoms. The van der Waals surface area contributed by atoms with Crippen LogP contribution >= 0.6 is 11.6 Å². The molecule has 3 aromatic rings. The van der Waals surface area contributed by atoms with Gasteiger partial charge in [-0.15, -0.1) is 5.10 Å². The van der Waals surface area contributed by atoms with E-state index in [1.165, 1.54) is 18.2 Å². The molecule has 2 aliphatic rings. The van der Waals surface area contributed by atoms with Crippen molar-refractivity contribution >= 4 is 23.2 Å². The first-order chi connectivity index (χ1) is 16.2. The number of halogens is 5. The summed E-state index contributed by atoms with van der Waals surface area (Å²) in [5.74, 6) is 0.0296. The Hall–Kier alpha value is -3.08. The second-order valence-corrected chi connectivity index (χ2v) is 8.95. The van der Waals surface area contributed by atoms with E-state index >= 15 is 0 Å². The minimum absolute atomic E-state index is 0.0114. The summed E-state index contributed by atoms with van der Waals surface area (Å²) in [5.41, 5.74) is 0.994. The Kier molecular flexibility index (Phi) is 5.97. The van der Waals surface area contributed by atoms with Gasteiger partial charge in [0.2, 0.25) is 5.95 Å². The first kappa shape index (κ1) is 22.7. The molecular formula is C22H21ClF4N6O. The van der Waals surface area contributed by atoms with Crippen molar-refractivity contribution in [2.24, 2.45) is 11.8 Å². The third-order valence-corrected chi connectivity index (χ3v) is 6.38. The van der Waals surface area contributed by atoms with E-state index in [1.54, 1.807) is 6.20 Å². The van der Waals surface area contributed by atoms with Crippen molar-refractivity contribution < 1.29 is 22.3 Å². The summed E-state index contributed by atoms with van der Waals surface area (Å²) < 4.78 is 58.9. The van der Waals surface area contributed by atoms with Crippen LogP contribution < -0.4 is 15.0 Å². The van der Waals surface area contributed by atoms with Gasteiger partial charge in [0.25, 0.3) is 0 Å². The van der Waals surface area contributed by atoms with Crippen molar-refractivity contribution in [2.75, 3.05) is 23.3 Å². The number of ether oxygens (including phenoxy) is 1. The van der Waals surface area contributed by atoms with Gasteiger partial charge in [-0.2, -0.15) is 18.2 Å². The van der Waals surface area contributed by atoms with Gasteiger partial charge in [-0.05, 0) is 48.9 Å². The maximum Gasteiger partial charge on any atom is 0.408 e. The van der Waals surface area contributed by atoms with Crippen LogP contribution in [0.4, 0.5) is 29.2 Å². The van der Waals surface area contributed by atoms with Crippen molar-refractivity contribution in [3.05, 3.63) is 53.6 Å². The van der Waals surface area contributed by atoms with Gasteiger partial charge in [-0.25, -0.2) is 14.1 Å². The maximum atomic E-state index is 13.5. The Labute approximate surface area is 197 Å². The Morgan fingerprint density at radius 1 is 1.12 bits per heavy atom. The topological polar surface area (TPSA) is 68.1 Å². The molecule has 0 radical (unpaired) electrons. The highest BCUT2D eigenvalue weighted by Crippen LogP contribution is 2.40. The van der Waals surface area contributed by atoms with Crippen LogP contribution in [0, 0.1) is 17.7 Å². The minimum atomic E-state index is -4.53. The monoisotopic (exact) mass is 496 g/mol. The van der Waals surface area contributed by atoms with Gasteiger partial charge in [0.1, 0.15) is 23.3 Å². The zero-order valence-electron chi connectivity index (χ0n) is 17.8. The molecule has 34 heavy (non-hydrogen) atoms. The fourth-order valence-electron chi connectivity index (χ4n) is 4.78. The predicted molar refractivity (Wildman–Crippen MR) is 118 cm³/mol. The lowest BCUT2D eigenvalue weighted by Crippen LogP contribution is -2.48. The fraction of sp³-hybridized carbons (Fsp3) is 0.409. The number of nitrogens with one attached hydrogen (secondary N) is 1. The number of hydrogen-bond acceptors (Lipinski definition) is 6. The minimum Gasteiger partial charge on any atom is -0.424 e. The van der Waals surface area contributed by atoms with E-state index in [0.29, 0.717) is 9.83 Å². The summed E-state index contributed by atoms with van der Waals surface area (Å²) in [5, 5.41) is 7.68. The molecule has 1 aliphatic heterocycles. The summed E-state index contributed by atoms with van der Waals surface area (Å²) in [6.45, 7) is 0.162. The number of hydrogen-bond donors (Lipinski definition) is 1. The molecule has 5 rings (SSSR count). The number of rotatable bonds is 6. The standard InChI is InChI=1S/C22H21ClF4N6O/c23-18-9-16(6-7-28-18)32-10-13-4-5-14(11-32)19(13)29-20-30-21(33(31-20)12-22(25,26)27)34-17-3-1-2-15(24)8-17/h1-3,6-9,13-14,19H,4-5,10-12H2,(H,29,31)/t13-,14+,19?. The normalized spacial score (nSPS) is 22.1. The lowest BCUT2D eigenvalue weighted by molar-refractivity contribution is -0.143. The Morgan fingerprint density at radius 2 is 1.88 bits per heavy atom. The quantitative estimate of drug-likeness (QED) is 0.376. The van der Waals surface area contributed by atoms with Gasteiger partial charge >= 0.3 is 12.2 Å². The molecule has 1 saturated heterocycles. The molecule has 3 heterocycles. The second-order valence-electron chi connectivity index (χ2n) is 8.56. The van der Waals surface area contributed by atoms with Crippen LogP contribution in [-0.4, -0.2) is 45.1 Å². The molecule has 1 saturated carbocycles. The van der Waals surface area contributed by atoms with E-state index in [2.05, 4.69) is 25.3 Å². The molecule has 0 spiro atoms. The average molecular weight is 497 g/mol. The van der Waals surface area contributed by atoms with Gasteiger partial charge in [-0.3, -0.25) is 0 Å². The van der Waals surface area contributed by atoms with Crippen molar-refractivity contribution in [3.8, 4) is 11.8 Å². The van der Waals surface area contributed by atoms with Crippen molar-refractivity contribution in [3.63, 3.8) is 0 Å². The number of benzene rings is 1. The third-order valence-electron chi connectivity index (χ3n) is 6.18. The number of anilines is 2. The molecular weight excluding hydrogens is 476 g/mol. The smallest absolute Gasteiger partial charge is 0.408 e. The van der Waals surface area contributed by atoms with Crippen LogP contribution in [0.3, 0.4) is 0 Å². The highest BCUT2D eigenvalue weighted by molar-refractivity contribution is 6.29. The molecule has 2 bridgehead atoms. The zero-order chi connectivity index (χ0) is 23.9. The molecule has 1 N–H and O–H groups in total. The van der Waals surface area contributed by atoms with Crippen LogP contribution in [0.5, 0.6) is 11.8 Å². The number of alkyl halides is 3. The molecule has 3 atom stereocenters. The van der Waals surface area contributed by atoms with Gasteiger partial charge in [-0.1, -0.05) is 17.7 Å². The zero-order valence-corrected chi connectivity index (χ0v) is 18.6. The van der Waals surface area contributed by atoms with Crippen LogP contribution in [0.25, 0.3) is 0 Å². The molecule has 1 unspecified atom stereocenters. The number of piperidine rings is 1. The second kappa shape index (κ2) is 8.94. The number of pyridine rings is 1. The summed E-state index contributed by atoms with van der Waals surface area (Å²) in [6.07, 6.45) is -0.899. The maximum absolute atomic E-state index is 13.5. The van der Waals surface area contributed by atoms with Crippen LogP contribution in [0.15, 0.2) is 42.6 Å². The third kappa shape index (κ3) is 5.03. The van der Waals surface area contributed by atoms with E-state index in [0.717, 1.165) is 37.7 Å². The fourth-order valence-corrected chi connectivity index (χ4v) is 4.95. The predicted octanol–water partition coefficient (Wildman–Crippen LogP) is 5.15. The van der Waals surface area contributed by atoms with Gasteiger partial charge in [0.15, 0.2) is 0 Å². The molecule has 2 aromatic heterocycles. The molecule has 1 aliphatic carbocycles. The molecule has 180 valence electrons. The number of fused-ring (bicyclic) bond motifs is 2. The summed E-state index contributed by atoms with van der Waals surface area (Å²) in [7, 11) is 0. The lowest BCUT2D eigenvalue weighted by atomic mass is 9.92. The summed E-state index contributed by atoms with van der Waals surface area (Å²) in [6, 6.07) is 8.50. The lowest BCUT2D eigenvalue weighted by Gasteiger charge is -2.39. The van der Waals surface area contributed by atoms with Gasteiger partial charge in [0, 0.05) is 37.1 Å². The first-order valence-corrected chi connectivity index (χ1v) is 11.2. The van der Waals surface area contributed by atoms with Crippen molar-refractivity contribution in [1.82, 2.24) is 19.7 Å². The average Bonchev–Trinajstić information content (AvgIpc) is 3.21. The summed E-state index contributed by atoms with van der Waals surface area (Å²) >= 11 is 6.04. The SMILES string of the molecule is Fc1cccc(Oc2nc(NC3[C@@H]4CC[C@H]3CN(c3ccnc(Cl)c3)C4)nn2CC(F)(F)F)c1. The molecule has 7 nitrogen and oxygen atoms in total. The van der Waals surface area contributed by atoms with E-state index < -0.39 is 18.5 Å². The van der Waals surface area contributed by atoms with E-state index in [-0.39, 0.29) is 35.6 Å². The highest BCUT2D eigenvalue weighted by atomic mass is 35.5. The molecule has 2 fully saturated rings. The van der Waals surface area contributed by atoms with Gasteiger partial charge in [0.05, 0.1) is 0 Å². The van der Waals surface area contributed by atoms with E-state index in [1.807, 2.05) is 12.1 Å². The van der Waals surface area contributed by atoms with Crippen LogP contribution in [0.2, 0.25) is 5.15 Å². The number of nitrogens with zero attached hydrogens (tertiary/aromatic N) is 5. The highest BCUT2D eigenvalue weighted by Gasteiger charge is 2.43. The largest absolute Gasteiger partial charge is 0.424 e. The van der Waals surface area contributed by atoms with Crippen molar-refractivity contribution in [1.29, 1.82) is 0 Å².